The van der Waals surface area contributed by atoms with Crippen LogP contribution in [0.5, 0.6) is 5.75 Å². The molecule has 0 fully saturated rings. The molecular weight excluding hydrogens is 411 g/mol. The third-order valence-corrected chi connectivity index (χ3v) is 3.85. The number of carbonyl (C=O) groups excluding carboxylic acids is 2. The number of hydrogen-bond donors (Lipinski definition) is 2. The van der Waals surface area contributed by atoms with Crippen LogP contribution in [0.2, 0.25) is 0 Å². The van der Waals surface area contributed by atoms with Crippen LogP contribution in [0.3, 0.4) is 0 Å². The molecule has 0 heterocycles. The lowest BCUT2D eigenvalue weighted by atomic mass is 10.2. The molecule has 1 aromatic rings. The van der Waals surface area contributed by atoms with Gasteiger partial charge in [0.05, 0.1) is 17.9 Å². The van der Waals surface area contributed by atoms with Crippen molar-refractivity contribution in [2.24, 2.45) is 0 Å². The summed E-state index contributed by atoms with van der Waals surface area (Å²) in [7, 11) is 0. The molecule has 2 amide bonds. The van der Waals surface area contributed by atoms with Gasteiger partial charge >= 0.3 is 0 Å². The maximum atomic E-state index is 12.6. The first kappa shape index (κ1) is 25.0. The third-order valence-electron chi connectivity index (χ3n) is 3.52. The maximum absolute atomic E-state index is 12.6. The molecular formula is C22H26ClFN2O4. The fraction of sp³-hybridized carbons (Fsp3) is 0.273. The van der Waals surface area contributed by atoms with Crippen LogP contribution in [0, 0.1) is 0 Å². The largest absolute Gasteiger partial charge is 0.494 e. The Hall–Kier alpha value is -3.06. The lowest BCUT2D eigenvalue weighted by Gasteiger charge is -2.10. The van der Waals surface area contributed by atoms with Gasteiger partial charge in [0.15, 0.2) is 6.61 Å². The Morgan fingerprint density at radius 3 is 2.57 bits per heavy atom. The van der Waals surface area contributed by atoms with Crippen LogP contribution in [-0.2, 0) is 9.53 Å². The first-order valence-electron chi connectivity index (χ1n) is 9.30. The van der Waals surface area contributed by atoms with Gasteiger partial charge in [0.25, 0.3) is 11.8 Å². The van der Waals surface area contributed by atoms with Gasteiger partial charge in [-0.25, -0.2) is 4.39 Å². The topological polar surface area (TPSA) is 76.7 Å². The predicted molar refractivity (Wildman–Crippen MR) is 116 cm³/mol. The molecule has 0 spiro atoms. The fourth-order valence-electron chi connectivity index (χ4n) is 2.02. The van der Waals surface area contributed by atoms with Gasteiger partial charge in [-0.05, 0) is 42.8 Å². The highest BCUT2D eigenvalue weighted by molar-refractivity contribution is 6.31. The molecule has 162 valence electrons. The highest BCUT2D eigenvalue weighted by Crippen LogP contribution is 2.13. The van der Waals surface area contributed by atoms with Gasteiger partial charge in [0.2, 0.25) is 0 Å². The highest BCUT2D eigenvalue weighted by atomic mass is 35.5. The molecule has 0 saturated carbocycles. The second-order valence-corrected chi connectivity index (χ2v) is 6.50. The van der Waals surface area contributed by atoms with Crippen molar-refractivity contribution in [1.82, 2.24) is 10.6 Å². The summed E-state index contributed by atoms with van der Waals surface area (Å²) < 4.78 is 23.1. The Bertz CT molecular complexity index is 804. The molecule has 0 aliphatic rings. The molecule has 1 aromatic carbocycles. The molecule has 8 heteroatoms. The smallest absolute Gasteiger partial charge is 0.257 e. The number of allylic oxidation sites excluding steroid dienone is 4. The molecule has 0 saturated heterocycles. The van der Waals surface area contributed by atoms with E-state index in [1.165, 1.54) is 18.4 Å². The quantitative estimate of drug-likeness (QED) is 0.356. The van der Waals surface area contributed by atoms with Crippen molar-refractivity contribution >= 4 is 23.4 Å². The first-order chi connectivity index (χ1) is 14.3. The van der Waals surface area contributed by atoms with Crippen LogP contribution in [0.4, 0.5) is 4.39 Å². The van der Waals surface area contributed by atoms with Gasteiger partial charge in [-0.1, -0.05) is 31.7 Å². The minimum absolute atomic E-state index is 0.152. The molecule has 0 bridgehead atoms. The number of ether oxygens (including phenoxy) is 2. The molecule has 1 rings (SSSR count). The lowest BCUT2D eigenvalue weighted by molar-refractivity contribution is -0.123. The van der Waals surface area contributed by atoms with E-state index < -0.39 is 5.83 Å². The van der Waals surface area contributed by atoms with Gasteiger partial charge in [0, 0.05) is 24.2 Å². The van der Waals surface area contributed by atoms with Crippen molar-refractivity contribution in [3.8, 4) is 5.75 Å². The zero-order valence-corrected chi connectivity index (χ0v) is 17.6. The zero-order valence-electron chi connectivity index (χ0n) is 16.9. The van der Waals surface area contributed by atoms with Crippen molar-refractivity contribution in [2.75, 3.05) is 19.8 Å². The number of benzene rings is 1. The monoisotopic (exact) mass is 436 g/mol. The Balaban J connectivity index is 2.26. The molecule has 0 atom stereocenters. The van der Waals surface area contributed by atoms with Gasteiger partial charge in [-0.15, -0.1) is 0 Å². The number of amides is 2. The van der Waals surface area contributed by atoms with Crippen molar-refractivity contribution in [3.05, 3.63) is 78.0 Å². The number of carbonyl (C=O) groups is 2. The Labute approximate surface area is 181 Å². The average molecular weight is 437 g/mol. The minimum atomic E-state index is -0.760. The van der Waals surface area contributed by atoms with Gasteiger partial charge in [0.1, 0.15) is 11.6 Å². The summed E-state index contributed by atoms with van der Waals surface area (Å²) in [6.07, 6.45) is 5.08. The van der Waals surface area contributed by atoms with Crippen LogP contribution >= 0.6 is 11.6 Å². The number of halogens is 2. The molecule has 0 unspecified atom stereocenters. The Morgan fingerprint density at radius 1 is 1.23 bits per heavy atom. The summed E-state index contributed by atoms with van der Waals surface area (Å²) in [6.45, 7) is 9.52. The first-order valence-corrected chi connectivity index (χ1v) is 9.68. The summed E-state index contributed by atoms with van der Waals surface area (Å²) in [5.41, 5.74) is 0.952. The summed E-state index contributed by atoms with van der Waals surface area (Å²) in [5, 5.41) is 5.16. The zero-order chi connectivity index (χ0) is 22.4. The van der Waals surface area contributed by atoms with E-state index in [9.17, 15) is 14.0 Å². The van der Waals surface area contributed by atoms with E-state index >= 15 is 0 Å². The van der Waals surface area contributed by atoms with Crippen molar-refractivity contribution in [3.63, 3.8) is 0 Å². The summed E-state index contributed by atoms with van der Waals surface area (Å²) in [6, 6.07) is 6.82. The number of hydrogen-bond acceptors (Lipinski definition) is 4. The third kappa shape index (κ3) is 10.5. The molecule has 0 aromatic heterocycles. The summed E-state index contributed by atoms with van der Waals surface area (Å²) >= 11 is 5.51. The number of nitrogens with one attached hydrogen (secondary N) is 2. The van der Waals surface area contributed by atoms with Gasteiger partial charge < -0.3 is 20.1 Å². The second kappa shape index (κ2) is 14.0. The van der Waals surface area contributed by atoms with Crippen LogP contribution in [-0.4, -0.2) is 31.6 Å². The Kier molecular flexibility index (Phi) is 11.7. The van der Waals surface area contributed by atoms with Crippen LogP contribution in [0.15, 0.2) is 72.4 Å². The molecule has 6 nitrogen and oxygen atoms in total. The Morgan fingerprint density at radius 2 is 1.93 bits per heavy atom. The summed E-state index contributed by atoms with van der Waals surface area (Å²) in [4.78, 5) is 23.9. The number of rotatable bonds is 13. The van der Waals surface area contributed by atoms with E-state index in [-0.39, 0.29) is 30.0 Å². The van der Waals surface area contributed by atoms with Gasteiger partial charge in [-0.3, -0.25) is 9.59 Å². The average Bonchev–Trinajstić information content (AvgIpc) is 2.72. The molecule has 0 radical (unpaired) electrons. The van der Waals surface area contributed by atoms with E-state index in [1.54, 1.807) is 24.3 Å². The minimum Gasteiger partial charge on any atom is -0.494 e. The SMILES string of the molecule is C=C(CCNC(=O)CO/C=C/C=C(/Cl)C(=C)F)NC(=O)c1ccc(OCCC)cc1. The van der Waals surface area contributed by atoms with E-state index in [1.807, 2.05) is 6.92 Å². The maximum Gasteiger partial charge on any atom is 0.257 e. The molecule has 2 N–H and O–H groups in total. The second-order valence-electron chi connectivity index (χ2n) is 6.09. The van der Waals surface area contributed by atoms with E-state index in [0.29, 0.717) is 30.0 Å². The van der Waals surface area contributed by atoms with Crippen LogP contribution in [0.25, 0.3) is 0 Å². The standard InChI is InChI=1S/C22H26ClFN2O4/c1-4-13-30-19-9-7-18(8-10-19)22(28)26-16(2)11-12-25-21(27)15-29-14-5-6-20(23)17(3)24/h5-10,14H,2-4,11-13,15H2,1H3,(H,25,27)(H,26,28)/b14-5+,20-6+. The predicted octanol–water partition coefficient (Wildman–Crippen LogP) is 4.36. The van der Waals surface area contributed by atoms with Crippen molar-refractivity contribution in [2.45, 2.75) is 19.8 Å². The highest BCUT2D eigenvalue weighted by Gasteiger charge is 2.08. The lowest BCUT2D eigenvalue weighted by Crippen LogP contribution is -2.30. The van der Waals surface area contributed by atoms with Gasteiger partial charge in [-0.2, -0.15) is 0 Å². The van der Waals surface area contributed by atoms with E-state index in [4.69, 9.17) is 21.1 Å². The molecule has 0 aliphatic heterocycles. The summed E-state index contributed by atoms with van der Waals surface area (Å²) in [5.74, 6) is -0.695. The fourth-order valence-corrected chi connectivity index (χ4v) is 2.09. The normalized spacial score (nSPS) is 11.1. The molecule has 0 aliphatic carbocycles. The van der Waals surface area contributed by atoms with Crippen LogP contribution in [0.1, 0.15) is 30.1 Å². The molecule has 30 heavy (non-hydrogen) atoms. The van der Waals surface area contributed by atoms with Crippen molar-refractivity contribution < 1.29 is 23.5 Å². The van der Waals surface area contributed by atoms with E-state index in [0.717, 1.165) is 6.42 Å². The van der Waals surface area contributed by atoms with E-state index in [2.05, 4.69) is 23.8 Å². The van der Waals surface area contributed by atoms with Crippen LogP contribution < -0.4 is 15.4 Å². The van der Waals surface area contributed by atoms with Crippen molar-refractivity contribution in [1.29, 1.82) is 0 Å².